The maximum atomic E-state index is 5.84. The normalized spacial score (nSPS) is 11.0. The number of methoxy groups -OCH3 is 1. The average molecular weight is 324 g/mol. The molecular weight excluding hydrogens is 300 g/mol. The molecule has 0 saturated carbocycles. The Labute approximate surface area is 142 Å². The van der Waals surface area contributed by atoms with Gasteiger partial charge in [0.05, 0.1) is 24.8 Å². The van der Waals surface area contributed by atoms with Crippen molar-refractivity contribution in [2.75, 3.05) is 13.7 Å². The van der Waals surface area contributed by atoms with Gasteiger partial charge in [-0.05, 0) is 49.2 Å². The van der Waals surface area contributed by atoms with Crippen LogP contribution in [0.3, 0.4) is 0 Å². The quantitative estimate of drug-likeness (QED) is 0.614. The van der Waals surface area contributed by atoms with Crippen LogP contribution in [0.5, 0.6) is 11.5 Å². The lowest BCUT2D eigenvalue weighted by molar-refractivity contribution is 0.286. The van der Waals surface area contributed by atoms with Crippen LogP contribution in [0.1, 0.15) is 31.7 Å². The Morgan fingerprint density at radius 3 is 2.71 bits per heavy atom. The van der Waals surface area contributed by atoms with Crippen LogP contribution < -0.4 is 9.47 Å². The maximum absolute atomic E-state index is 5.84. The largest absolute Gasteiger partial charge is 0.493 e. The second-order valence-corrected chi connectivity index (χ2v) is 6.03. The number of imidazole rings is 1. The number of unbranched alkanes of at least 4 members (excludes halogenated alkanes) is 2. The minimum Gasteiger partial charge on any atom is -0.493 e. The van der Waals surface area contributed by atoms with Gasteiger partial charge in [0.25, 0.3) is 0 Å². The molecule has 3 aromatic rings. The van der Waals surface area contributed by atoms with Gasteiger partial charge >= 0.3 is 0 Å². The Balaban J connectivity index is 1.84. The number of ether oxygens (including phenoxy) is 2. The van der Waals surface area contributed by atoms with Crippen molar-refractivity contribution in [3.05, 3.63) is 42.0 Å². The number of hydrogen-bond donors (Lipinski definition) is 1. The summed E-state index contributed by atoms with van der Waals surface area (Å²) in [5.74, 6) is 2.36. The SMILES string of the molecule is CCCCCOc1ccc(-c2nc3ccc(C)cc3[nH]2)cc1OC. The average Bonchev–Trinajstić information content (AvgIpc) is 3.01. The van der Waals surface area contributed by atoms with E-state index in [4.69, 9.17) is 9.47 Å². The molecule has 3 rings (SSSR count). The Hall–Kier alpha value is -2.49. The highest BCUT2D eigenvalue weighted by molar-refractivity contribution is 5.80. The van der Waals surface area contributed by atoms with Crippen molar-refractivity contribution in [2.24, 2.45) is 0 Å². The van der Waals surface area contributed by atoms with Crippen LogP contribution in [0, 0.1) is 6.92 Å². The summed E-state index contributed by atoms with van der Waals surface area (Å²) in [6, 6.07) is 12.2. The summed E-state index contributed by atoms with van der Waals surface area (Å²) in [5.41, 5.74) is 4.21. The van der Waals surface area contributed by atoms with Crippen LogP contribution in [0.2, 0.25) is 0 Å². The van der Waals surface area contributed by atoms with Gasteiger partial charge in [-0.1, -0.05) is 25.8 Å². The summed E-state index contributed by atoms with van der Waals surface area (Å²) in [4.78, 5) is 8.04. The zero-order valence-electron chi connectivity index (χ0n) is 14.6. The predicted octanol–water partition coefficient (Wildman–Crippen LogP) is 5.12. The van der Waals surface area contributed by atoms with Crippen LogP contribution in [0.15, 0.2) is 36.4 Å². The summed E-state index contributed by atoms with van der Waals surface area (Å²) in [7, 11) is 1.67. The lowest BCUT2D eigenvalue weighted by Crippen LogP contribution is -1.99. The highest BCUT2D eigenvalue weighted by atomic mass is 16.5. The van der Waals surface area contributed by atoms with E-state index in [1.807, 2.05) is 24.3 Å². The number of aromatic nitrogens is 2. The molecule has 1 aromatic heterocycles. The number of fused-ring (bicyclic) bond motifs is 1. The molecule has 24 heavy (non-hydrogen) atoms. The fourth-order valence-electron chi connectivity index (χ4n) is 2.73. The fourth-order valence-corrected chi connectivity index (χ4v) is 2.73. The van der Waals surface area contributed by atoms with E-state index in [0.717, 1.165) is 40.3 Å². The van der Waals surface area contributed by atoms with Gasteiger partial charge in [-0.2, -0.15) is 0 Å². The highest BCUT2D eigenvalue weighted by Gasteiger charge is 2.10. The van der Waals surface area contributed by atoms with Gasteiger partial charge in [-0.3, -0.25) is 0 Å². The van der Waals surface area contributed by atoms with Gasteiger partial charge < -0.3 is 14.5 Å². The third-order valence-electron chi connectivity index (χ3n) is 4.08. The van der Waals surface area contributed by atoms with E-state index in [1.54, 1.807) is 7.11 Å². The van der Waals surface area contributed by atoms with Crippen molar-refractivity contribution in [3.63, 3.8) is 0 Å². The Bertz CT molecular complexity index is 824. The summed E-state index contributed by atoms with van der Waals surface area (Å²) < 4.78 is 11.3. The van der Waals surface area contributed by atoms with Crippen LogP contribution >= 0.6 is 0 Å². The van der Waals surface area contributed by atoms with Crippen molar-refractivity contribution in [1.29, 1.82) is 0 Å². The van der Waals surface area contributed by atoms with Crippen molar-refractivity contribution in [3.8, 4) is 22.9 Å². The molecule has 0 aliphatic rings. The van der Waals surface area contributed by atoms with E-state index in [1.165, 1.54) is 18.4 Å². The zero-order valence-corrected chi connectivity index (χ0v) is 14.6. The third kappa shape index (κ3) is 3.53. The first kappa shape index (κ1) is 16.4. The lowest BCUT2D eigenvalue weighted by Gasteiger charge is -2.11. The van der Waals surface area contributed by atoms with Gasteiger partial charge in [0.1, 0.15) is 5.82 Å². The molecule has 0 saturated heterocycles. The molecule has 0 aliphatic heterocycles. The molecule has 0 spiro atoms. The topological polar surface area (TPSA) is 47.1 Å². The molecule has 0 radical (unpaired) electrons. The Morgan fingerprint density at radius 2 is 1.92 bits per heavy atom. The molecule has 1 heterocycles. The molecule has 0 fully saturated rings. The first-order valence-corrected chi connectivity index (χ1v) is 8.49. The van der Waals surface area contributed by atoms with E-state index in [2.05, 4.69) is 35.9 Å². The van der Waals surface area contributed by atoms with Crippen LogP contribution in [0.4, 0.5) is 0 Å². The van der Waals surface area contributed by atoms with Crippen molar-refractivity contribution >= 4 is 11.0 Å². The Kier molecular flexibility index (Phi) is 5.04. The predicted molar refractivity (Wildman–Crippen MR) is 97.8 cm³/mol. The zero-order chi connectivity index (χ0) is 16.9. The smallest absolute Gasteiger partial charge is 0.161 e. The van der Waals surface area contributed by atoms with E-state index in [0.29, 0.717) is 6.61 Å². The standard InChI is InChI=1S/C20H24N2O2/c1-4-5-6-11-24-18-10-8-15(13-19(18)23-3)20-21-16-9-7-14(2)12-17(16)22-20/h7-10,12-13H,4-6,11H2,1-3H3,(H,21,22). The number of aromatic amines is 1. The molecule has 0 atom stereocenters. The van der Waals surface area contributed by atoms with Crippen LogP contribution in [-0.4, -0.2) is 23.7 Å². The molecule has 2 aromatic carbocycles. The summed E-state index contributed by atoms with van der Waals surface area (Å²) in [5, 5.41) is 0. The Morgan fingerprint density at radius 1 is 1.04 bits per heavy atom. The highest BCUT2D eigenvalue weighted by Crippen LogP contribution is 2.32. The van der Waals surface area contributed by atoms with E-state index in [-0.39, 0.29) is 0 Å². The molecular formula is C20H24N2O2. The third-order valence-corrected chi connectivity index (χ3v) is 4.08. The first-order valence-electron chi connectivity index (χ1n) is 8.49. The van der Waals surface area contributed by atoms with Gasteiger partial charge in [0.2, 0.25) is 0 Å². The van der Waals surface area contributed by atoms with E-state index in [9.17, 15) is 0 Å². The number of benzene rings is 2. The lowest BCUT2D eigenvalue weighted by atomic mass is 10.2. The van der Waals surface area contributed by atoms with Crippen molar-refractivity contribution in [2.45, 2.75) is 33.1 Å². The summed E-state index contributed by atoms with van der Waals surface area (Å²) in [6.07, 6.45) is 3.42. The maximum Gasteiger partial charge on any atom is 0.161 e. The van der Waals surface area contributed by atoms with Gasteiger partial charge in [-0.25, -0.2) is 4.98 Å². The molecule has 4 heteroatoms. The summed E-state index contributed by atoms with van der Waals surface area (Å²) in [6.45, 7) is 4.98. The molecule has 1 N–H and O–H groups in total. The molecule has 0 aliphatic carbocycles. The number of rotatable bonds is 7. The van der Waals surface area contributed by atoms with Gasteiger partial charge in [-0.15, -0.1) is 0 Å². The minimum atomic E-state index is 0.716. The van der Waals surface area contributed by atoms with Crippen molar-refractivity contribution in [1.82, 2.24) is 9.97 Å². The van der Waals surface area contributed by atoms with Gasteiger partial charge in [0.15, 0.2) is 11.5 Å². The second-order valence-electron chi connectivity index (χ2n) is 6.03. The molecule has 4 nitrogen and oxygen atoms in total. The molecule has 0 bridgehead atoms. The van der Waals surface area contributed by atoms with E-state index >= 15 is 0 Å². The van der Waals surface area contributed by atoms with Crippen LogP contribution in [-0.2, 0) is 0 Å². The van der Waals surface area contributed by atoms with E-state index < -0.39 is 0 Å². The van der Waals surface area contributed by atoms with Crippen molar-refractivity contribution < 1.29 is 9.47 Å². The van der Waals surface area contributed by atoms with Crippen LogP contribution in [0.25, 0.3) is 22.4 Å². The number of hydrogen-bond acceptors (Lipinski definition) is 3. The number of nitrogens with zero attached hydrogens (tertiary/aromatic N) is 1. The number of aryl methyl sites for hydroxylation is 1. The summed E-state index contributed by atoms with van der Waals surface area (Å²) >= 11 is 0. The number of nitrogens with one attached hydrogen (secondary N) is 1. The number of H-pyrrole nitrogens is 1. The fraction of sp³-hybridized carbons (Fsp3) is 0.350. The molecule has 0 unspecified atom stereocenters. The minimum absolute atomic E-state index is 0.716. The molecule has 126 valence electrons. The molecule has 0 amide bonds. The monoisotopic (exact) mass is 324 g/mol. The van der Waals surface area contributed by atoms with Gasteiger partial charge in [0, 0.05) is 5.56 Å². The first-order chi connectivity index (χ1) is 11.7. The second kappa shape index (κ2) is 7.39.